The van der Waals surface area contributed by atoms with Crippen LogP contribution in [0.2, 0.25) is 6.55 Å². The van der Waals surface area contributed by atoms with Crippen LogP contribution in [0.5, 0.6) is 0 Å². The van der Waals surface area contributed by atoms with Crippen LogP contribution in [0.25, 0.3) is 5.76 Å². The molecular formula is C22H22OSi. The molecule has 0 N–H and O–H groups in total. The van der Waals surface area contributed by atoms with E-state index in [0.717, 1.165) is 11.3 Å². The molecular weight excluding hydrogens is 308 g/mol. The molecule has 3 aromatic rings. The standard InChI is InChI=1S/C22H22OSi/c1-3-22(19-13-7-4-8-14-19)23-24(2,20-15-9-5-10-16-20)21-17-11-6-12-18-21/h3-18H,1-2H3/b22-3+. The number of rotatable bonds is 5. The summed E-state index contributed by atoms with van der Waals surface area (Å²) in [6, 6.07) is 31.5. The molecule has 0 aliphatic carbocycles. The number of hydrogen-bond donors (Lipinski definition) is 0. The van der Waals surface area contributed by atoms with Crippen LogP contribution in [-0.4, -0.2) is 8.32 Å². The summed E-state index contributed by atoms with van der Waals surface area (Å²) in [5, 5.41) is 2.54. The lowest BCUT2D eigenvalue weighted by Crippen LogP contribution is -2.57. The quantitative estimate of drug-likeness (QED) is 0.496. The maximum Gasteiger partial charge on any atom is 0.311 e. The molecule has 3 rings (SSSR count). The Bertz CT molecular complexity index is 756. The van der Waals surface area contributed by atoms with E-state index in [0.29, 0.717) is 0 Å². The summed E-state index contributed by atoms with van der Waals surface area (Å²) in [7, 11) is -2.34. The molecule has 3 aromatic carbocycles. The van der Waals surface area contributed by atoms with Crippen molar-refractivity contribution in [3.05, 3.63) is 103 Å². The topological polar surface area (TPSA) is 9.23 Å². The van der Waals surface area contributed by atoms with E-state index < -0.39 is 8.32 Å². The average molecular weight is 331 g/mol. The minimum absolute atomic E-state index is 0.942. The van der Waals surface area contributed by atoms with E-state index in [2.05, 4.69) is 85.4 Å². The SMILES string of the molecule is C/C=C(/O[Si](C)(c1ccccc1)c1ccccc1)c1ccccc1. The van der Waals surface area contributed by atoms with Crippen LogP contribution in [0, 0.1) is 0 Å². The Balaban J connectivity index is 2.06. The first kappa shape index (κ1) is 16.3. The van der Waals surface area contributed by atoms with Crippen LogP contribution in [0.1, 0.15) is 12.5 Å². The molecule has 2 heteroatoms. The van der Waals surface area contributed by atoms with Crippen LogP contribution in [0.3, 0.4) is 0 Å². The fraction of sp³-hybridized carbons (Fsp3) is 0.0909. The monoisotopic (exact) mass is 330 g/mol. The van der Waals surface area contributed by atoms with E-state index in [1.165, 1.54) is 10.4 Å². The predicted molar refractivity (Wildman–Crippen MR) is 105 cm³/mol. The van der Waals surface area contributed by atoms with Crippen LogP contribution in [0.4, 0.5) is 0 Å². The van der Waals surface area contributed by atoms with Gasteiger partial charge in [-0.2, -0.15) is 0 Å². The Morgan fingerprint density at radius 3 is 1.54 bits per heavy atom. The van der Waals surface area contributed by atoms with Gasteiger partial charge in [-0.3, -0.25) is 0 Å². The molecule has 0 bridgehead atoms. The second-order valence-electron chi connectivity index (χ2n) is 5.89. The summed E-state index contributed by atoms with van der Waals surface area (Å²) in [6.07, 6.45) is 2.06. The Labute approximate surface area is 145 Å². The molecule has 0 amide bonds. The third-order valence-electron chi connectivity index (χ3n) is 4.28. The lowest BCUT2D eigenvalue weighted by atomic mass is 10.2. The smallest absolute Gasteiger partial charge is 0.311 e. The largest absolute Gasteiger partial charge is 0.535 e. The van der Waals surface area contributed by atoms with Crippen molar-refractivity contribution in [3.63, 3.8) is 0 Å². The molecule has 0 aliphatic rings. The molecule has 24 heavy (non-hydrogen) atoms. The van der Waals surface area contributed by atoms with Crippen molar-refractivity contribution in [2.24, 2.45) is 0 Å². The molecule has 120 valence electrons. The van der Waals surface area contributed by atoms with E-state index in [1.807, 2.05) is 25.1 Å². The fourth-order valence-corrected chi connectivity index (χ4v) is 5.81. The van der Waals surface area contributed by atoms with E-state index in [-0.39, 0.29) is 0 Å². The lowest BCUT2D eigenvalue weighted by molar-refractivity contribution is 0.526. The molecule has 0 aliphatic heterocycles. The predicted octanol–water partition coefficient (Wildman–Crippen LogP) is 4.45. The van der Waals surface area contributed by atoms with Crippen molar-refractivity contribution in [2.45, 2.75) is 13.5 Å². The summed E-state index contributed by atoms with van der Waals surface area (Å²) in [5.41, 5.74) is 1.12. The third-order valence-corrected chi connectivity index (χ3v) is 7.78. The molecule has 0 atom stereocenters. The summed E-state index contributed by atoms with van der Waals surface area (Å²) in [6.45, 7) is 4.30. The van der Waals surface area contributed by atoms with E-state index in [1.54, 1.807) is 0 Å². The van der Waals surface area contributed by atoms with Gasteiger partial charge in [0, 0.05) is 5.56 Å². The highest BCUT2D eigenvalue weighted by atomic mass is 28.4. The molecule has 0 saturated heterocycles. The zero-order chi connectivity index (χ0) is 16.8. The first-order valence-corrected chi connectivity index (χ1v) is 10.7. The van der Waals surface area contributed by atoms with Crippen molar-refractivity contribution in [2.75, 3.05) is 0 Å². The summed E-state index contributed by atoms with van der Waals surface area (Å²) in [4.78, 5) is 0. The summed E-state index contributed by atoms with van der Waals surface area (Å²) in [5.74, 6) is 0.942. The fourth-order valence-electron chi connectivity index (χ4n) is 2.90. The van der Waals surface area contributed by atoms with Crippen molar-refractivity contribution < 1.29 is 4.43 Å². The van der Waals surface area contributed by atoms with Gasteiger partial charge in [-0.1, -0.05) is 91.0 Å². The van der Waals surface area contributed by atoms with Gasteiger partial charge < -0.3 is 4.43 Å². The van der Waals surface area contributed by atoms with Gasteiger partial charge in [-0.25, -0.2) is 0 Å². The molecule has 0 aromatic heterocycles. The second-order valence-corrected chi connectivity index (χ2v) is 9.31. The molecule has 0 fully saturated rings. The van der Waals surface area contributed by atoms with Crippen LogP contribution in [0.15, 0.2) is 97.1 Å². The first-order valence-electron chi connectivity index (χ1n) is 8.26. The van der Waals surface area contributed by atoms with Gasteiger partial charge in [0.15, 0.2) is 0 Å². The maximum absolute atomic E-state index is 6.75. The molecule has 1 nitrogen and oxygen atoms in total. The van der Waals surface area contributed by atoms with Crippen molar-refractivity contribution in [1.82, 2.24) is 0 Å². The van der Waals surface area contributed by atoms with Crippen molar-refractivity contribution in [1.29, 1.82) is 0 Å². The highest BCUT2D eigenvalue weighted by Gasteiger charge is 2.36. The van der Waals surface area contributed by atoms with Crippen molar-refractivity contribution in [3.8, 4) is 0 Å². The summed E-state index contributed by atoms with van der Waals surface area (Å²) < 4.78 is 6.75. The summed E-state index contributed by atoms with van der Waals surface area (Å²) >= 11 is 0. The van der Waals surface area contributed by atoms with Crippen LogP contribution in [-0.2, 0) is 4.43 Å². The van der Waals surface area contributed by atoms with Gasteiger partial charge in [0.2, 0.25) is 0 Å². The second kappa shape index (κ2) is 7.32. The Morgan fingerprint density at radius 1 is 0.708 bits per heavy atom. The lowest BCUT2D eigenvalue weighted by Gasteiger charge is -2.30. The van der Waals surface area contributed by atoms with Crippen LogP contribution >= 0.6 is 0 Å². The van der Waals surface area contributed by atoms with E-state index in [9.17, 15) is 0 Å². The van der Waals surface area contributed by atoms with Gasteiger partial charge in [0.1, 0.15) is 5.76 Å². The molecule has 0 heterocycles. The normalized spacial score (nSPS) is 12.0. The molecule has 0 radical (unpaired) electrons. The van der Waals surface area contributed by atoms with Gasteiger partial charge in [-0.05, 0) is 29.9 Å². The van der Waals surface area contributed by atoms with Gasteiger partial charge >= 0.3 is 8.32 Å². The number of hydrogen-bond acceptors (Lipinski definition) is 1. The average Bonchev–Trinajstić information content (AvgIpc) is 2.68. The van der Waals surface area contributed by atoms with E-state index in [4.69, 9.17) is 4.43 Å². The van der Waals surface area contributed by atoms with Gasteiger partial charge in [0.05, 0.1) is 0 Å². The van der Waals surface area contributed by atoms with Gasteiger partial charge in [-0.15, -0.1) is 0 Å². The Kier molecular flexibility index (Phi) is 4.97. The zero-order valence-electron chi connectivity index (χ0n) is 14.1. The third kappa shape index (κ3) is 3.34. The minimum atomic E-state index is -2.34. The van der Waals surface area contributed by atoms with Gasteiger partial charge in [0.25, 0.3) is 0 Å². The Morgan fingerprint density at radius 2 is 1.12 bits per heavy atom. The minimum Gasteiger partial charge on any atom is -0.535 e. The number of allylic oxidation sites excluding steroid dienone is 1. The van der Waals surface area contributed by atoms with Crippen molar-refractivity contribution >= 4 is 24.5 Å². The van der Waals surface area contributed by atoms with E-state index >= 15 is 0 Å². The molecule has 0 saturated carbocycles. The maximum atomic E-state index is 6.75. The highest BCUT2D eigenvalue weighted by Crippen LogP contribution is 2.21. The molecule has 0 spiro atoms. The van der Waals surface area contributed by atoms with Crippen LogP contribution < -0.4 is 10.4 Å². The highest BCUT2D eigenvalue weighted by molar-refractivity contribution is 6.97. The zero-order valence-corrected chi connectivity index (χ0v) is 15.1. The molecule has 0 unspecified atom stereocenters. The number of benzene rings is 3. The first-order chi connectivity index (χ1) is 11.7. The Hall–Kier alpha value is -2.58.